The van der Waals surface area contributed by atoms with Gasteiger partial charge in [-0.15, -0.1) is 0 Å². The highest BCUT2D eigenvalue weighted by molar-refractivity contribution is 5.96. The number of urea groups is 1. The lowest BCUT2D eigenvalue weighted by molar-refractivity contribution is -0.125. The van der Waals surface area contributed by atoms with Crippen LogP contribution in [0.1, 0.15) is 19.8 Å². The quantitative estimate of drug-likeness (QED) is 0.580. The number of piperidine rings is 1. The van der Waals surface area contributed by atoms with Crippen molar-refractivity contribution >= 4 is 11.9 Å². The third-order valence-electron chi connectivity index (χ3n) is 2.88. The van der Waals surface area contributed by atoms with Crippen LogP contribution in [0, 0.1) is 0 Å². The van der Waals surface area contributed by atoms with E-state index >= 15 is 0 Å². The summed E-state index contributed by atoms with van der Waals surface area (Å²) >= 11 is 0. The van der Waals surface area contributed by atoms with Gasteiger partial charge >= 0.3 is 6.03 Å². The van der Waals surface area contributed by atoms with Crippen molar-refractivity contribution in [3.05, 3.63) is 0 Å². The fourth-order valence-electron chi connectivity index (χ4n) is 1.84. The molecule has 0 aromatic rings. The SMILES string of the molecule is CNC(=O)NC(=O)C(C)N1CCC[C@@H](N)C1. The Morgan fingerprint density at radius 2 is 2.19 bits per heavy atom. The zero-order valence-corrected chi connectivity index (χ0v) is 9.82. The number of carbonyl (C=O) groups is 2. The highest BCUT2D eigenvalue weighted by Crippen LogP contribution is 2.11. The number of hydrogen-bond acceptors (Lipinski definition) is 4. The van der Waals surface area contributed by atoms with E-state index in [0.29, 0.717) is 6.54 Å². The van der Waals surface area contributed by atoms with Gasteiger partial charge in [-0.2, -0.15) is 0 Å². The highest BCUT2D eigenvalue weighted by atomic mass is 16.2. The third kappa shape index (κ3) is 3.46. The summed E-state index contributed by atoms with van der Waals surface area (Å²) in [6, 6.07) is -0.661. The average Bonchev–Trinajstić information content (AvgIpc) is 2.27. The zero-order chi connectivity index (χ0) is 12.1. The number of hydrogen-bond donors (Lipinski definition) is 3. The monoisotopic (exact) mass is 228 g/mol. The molecule has 1 saturated heterocycles. The van der Waals surface area contributed by atoms with Gasteiger partial charge in [-0.1, -0.05) is 0 Å². The Kier molecular flexibility index (Phi) is 4.70. The molecule has 0 saturated carbocycles. The van der Waals surface area contributed by atoms with Crippen molar-refractivity contribution in [1.29, 1.82) is 0 Å². The van der Waals surface area contributed by atoms with Crippen LogP contribution < -0.4 is 16.4 Å². The van der Waals surface area contributed by atoms with Crippen molar-refractivity contribution in [2.45, 2.75) is 31.8 Å². The molecule has 0 radical (unpaired) electrons. The van der Waals surface area contributed by atoms with Crippen molar-refractivity contribution in [2.75, 3.05) is 20.1 Å². The van der Waals surface area contributed by atoms with Crippen LogP contribution in [0.15, 0.2) is 0 Å². The summed E-state index contributed by atoms with van der Waals surface area (Å²) in [6.45, 7) is 3.36. The van der Waals surface area contributed by atoms with Gasteiger partial charge in [0, 0.05) is 19.6 Å². The molecular formula is C10H20N4O2. The third-order valence-corrected chi connectivity index (χ3v) is 2.88. The van der Waals surface area contributed by atoms with Crippen LogP contribution in [0.3, 0.4) is 0 Å². The molecule has 2 atom stereocenters. The zero-order valence-electron chi connectivity index (χ0n) is 9.82. The van der Waals surface area contributed by atoms with E-state index < -0.39 is 6.03 Å². The summed E-state index contributed by atoms with van der Waals surface area (Å²) in [5.41, 5.74) is 5.84. The molecule has 1 unspecified atom stereocenters. The molecular weight excluding hydrogens is 208 g/mol. The Bertz CT molecular complexity index is 270. The second-order valence-corrected chi connectivity index (χ2v) is 4.14. The van der Waals surface area contributed by atoms with E-state index in [1.54, 1.807) is 6.92 Å². The second kappa shape index (κ2) is 5.81. The minimum absolute atomic E-state index is 0.129. The molecule has 3 amide bonds. The lowest BCUT2D eigenvalue weighted by atomic mass is 10.0. The Hall–Kier alpha value is -1.14. The minimum atomic E-state index is -0.474. The van der Waals surface area contributed by atoms with E-state index in [9.17, 15) is 9.59 Å². The first-order valence-corrected chi connectivity index (χ1v) is 5.56. The van der Waals surface area contributed by atoms with Crippen molar-refractivity contribution in [3.8, 4) is 0 Å². The van der Waals surface area contributed by atoms with Gasteiger partial charge in [-0.05, 0) is 26.3 Å². The number of imide groups is 1. The Morgan fingerprint density at radius 3 is 2.75 bits per heavy atom. The van der Waals surface area contributed by atoms with E-state index in [1.165, 1.54) is 7.05 Å². The molecule has 0 aromatic carbocycles. The van der Waals surface area contributed by atoms with Crippen LogP contribution in [0.5, 0.6) is 0 Å². The number of likely N-dealkylation sites (tertiary alicyclic amines) is 1. The smallest absolute Gasteiger partial charge is 0.321 e. The van der Waals surface area contributed by atoms with E-state index in [2.05, 4.69) is 10.6 Å². The molecule has 16 heavy (non-hydrogen) atoms. The molecule has 0 spiro atoms. The van der Waals surface area contributed by atoms with Crippen LogP contribution in [0.4, 0.5) is 4.79 Å². The first-order chi connectivity index (χ1) is 7.54. The summed E-state index contributed by atoms with van der Waals surface area (Å²) in [4.78, 5) is 24.7. The van der Waals surface area contributed by atoms with Gasteiger partial charge in [0.15, 0.2) is 0 Å². The van der Waals surface area contributed by atoms with Crippen LogP contribution in [-0.4, -0.2) is 49.1 Å². The summed E-state index contributed by atoms with van der Waals surface area (Å²) in [5.74, 6) is -0.284. The Balaban J connectivity index is 2.46. The normalized spacial score (nSPS) is 23.6. The molecule has 1 fully saturated rings. The summed E-state index contributed by atoms with van der Waals surface area (Å²) in [6.07, 6.45) is 2.00. The number of carbonyl (C=O) groups excluding carboxylic acids is 2. The van der Waals surface area contributed by atoms with Crippen LogP contribution in [0.2, 0.25) is 0 Å². The second-order valence-electron chi connectivity index (χ2n) is 4.14. The van der Waals surface area contributed by atoms with Crippen LogP contribution in [-0.2, 0) is 4.79 Å². The predicted octanol–water partition coefficient (Wildman–Crippen LogP) is -0.746. The molecule has 92 valence electrons. The van der Waals surface area contributed by atoms with Gasteiger partial charge < -0.3 is 11.1 Å². The lowest BCUT2D eigenvalue weighted by Gasteiger charge is -2.34. The van der Waals surface area contributed by atoms with Crippen molar-refractivity contribution < 1.29 is 9.59 Å². The van der Waals surface area contributed by atoms with Gasteiger partial charge in [0.25, 0.3) is 0 Å². The fraction of sp³-hybridized carbons (Fsp3) is 0.800. The molecule has 1 heterocycles. The fourth-order valence-corrected chi connectivity index (χ4v) is 1.84. The largest absolute Gasteiger partial charge is 0.341 e. The van der Waals surface area contributed by atoms with E-state index in [1.807, 2.05) is 4.90 Å². The van der Waals surface area contributed by atoms with E-state index in [0.717, 1.165) is 19.4 Å². The van der Waals surface area contributed by atoms with E-state index in [4.69, 9.17) is 5.73 Å². The molecule has 0 aromatic heterocycles. The topological polar surface area (TPSA) is 87.5 Å². The maximum atomic E-state index is 11.7. The number of nitrogens with one attached hydrogen (secondary N) is 2. The van der Waals surface area contributed by atoms with Gasteiger partial charge in [-0.3, -0.25) is 15.0 Å². The first-order valence-electron chi connectivity index (χ1n) is 5.56. The first kappa shape index (κ1) is 12.9. The Morgan fingerprint density at radius 1 is 1.50 bits per heavy atom. The molecule has 0 bridgehead atoms. The summed E-state index contributed by atoms with van der Waals surface area (Å²) in [7, 11) is 1.48. The van der Waals surface area contributed by atoms with Gasteiger partial charge in [0.2, 0.25) is 5.91 Å². The maximum absolute atomic E-state index is 11.7. The molecule has 1 aliphatic rings. The summed E-state index contributed by atoms with van der Waals surface area (Å²) < 4.78 is 0. The standard InChI is InChI=1S/C10H20N4O2/c1-7(9(15)13-10(16)12-2)14-5-3-4-8(11)6-14/h7-8H,3-6,11H2,1-2H3,(H2,12,13,15,16)/t7?,8-/m1/s1. The number of amides is 3. The number of rotatable bonds is 2. The minimum Gasteiger partial charge on any atom is -0.341 e. The molecule has 6 nitrogen and oxygen atoms in total. The van der Waals surface area contributed by atoms with Crippen molar-refractivity contribution in [2.24, 2.45) is 5.73 Å². The number of nitrogens with zero attached hydrogens (tertiary/aromatic N) is 1. The van der Waals surface area contributed by atoms with Gasteiger partial charge in [-0.25, -0.2) is 4.79 Å². The van der Waals surface area contributed by atoms with Crippen LogP contribution >= 0.6 is 0 Å². The lowest BCUT2D eigenvalue weighted by Crippen LogP contribution is -2.53. The van der Waals surface area contributed by atoms with Crippen LogP contribution in [0.25, 0.3) is 0 Å². The molecule has 6 heteroatoms. The van der Waals surface area contributed by atoms with Crippen molar-refractivity contribution in [1.82, 2.24) is 15.5 Å². The molecule has 4 N–H and O–H groups in total. The van der Waals surface area contributed by atoms with Gasteiger partial charge in [0.1, 0.15) is 0 Å². The molecule has 1 rings (SSSR count). The molecule has 0 aliphatic carbocycles. The maximum Gasteiger partial charge on any atom is 0.321 e. The Labute approximate surface area is 95.5 Å². The average molecular weight is 228 g/mol. The summed E-state index contributed by atoms with van der Waals surface area (Å²) in [5, 5.41) is 4.62. The number of nitrogens with two attached hydrogens (primary N) is 1. The van der Waals surface area contributed by atoms with Crippen molar-refractivity contribution in [3.63, 3.8) is 0 Å². The van der Waals surface area contributed by atoms with E-state index in [-0.39, 0.29) is 18.0 Å². The predicted molar refractivity (Wildman–Crippen MR) is 60.8 cm³/mol. The molecule has 1 aliphatic heterocycles. The highest BCUT2D eigenvalue weighted by Gasteiger charge is 2.26. The van der Waals surface area contributed by atoms with Gasteiger partial charge in [0.05, 0.1) is 6.04 Å².